The first kappa shape index (κ1) is 18.4. The number of methoxy groups -OCH3 is 1. The fraction of sp³-hybridized carbons (Fsp3) is 0.500. The largest absolute Gasteiger partial charge is 0.494 e. The molecule has 0 N–H and O–H groups in total. The van der Waals surface area contributed by atoms with E-state index >= 15 is 0 Å². The number of aromatic nitrogens is 2. The molecule has 1 aliphatic heterocycles. The molecule has 1 saturated heterocycles. The van der Waals surface area contributed by atoms with Crippen LogP contribution in [0, 0.1) is 5.82 Å². The summed E-state index contributed by atoms with van der Waals surface area (Å²) in [5, 5.41) is 0. The molecule has 6 heteroatoms. The summed E-state index contributed by atoms with van der Waals surface area (Å²) in [6, 6.07) is 4.28. The predicted molar refractivity (Wildman–Crippen MR) is 98.0 cm³/mol. The zero-order chi connectivity index (χ0) is 18.5. The van der Waals surface area contributed by atoms with Gasteiger partial charge >= 0.3 is 0 Å². The van der Waals surface area contributed by atoms with Crippen molar-refractivity contribution in [1.29, 1.82) is 0 Å². The Balaban J connectivity index is 1.74. The number of imidazole rings is 1. The predicted octanol–water partition coefficient (Wildman–Crippen LogP) is 3.85. The quantitative estimate of drug-likeness (QED) is 0.787. The first-order valence-corrected chi connectivity index (χ1v) is 9.28. The number of halogens is 1. The minimum absolute atomic E-state index is 0.0836. The van der Waals surface area contributed by atoms with Crippen LogP contribution in [0.25, 0.3) is 0 Å². The number of ether oxygens (including phenoxy) is 1. The molecule has 0 radical (unpaired) electrons. The molecular weight excluding hydrogens is 333 g/mol. The van der Waals surface area contributed by atoms with Gasteiger partial charge in [0.25, 0.3) is 5.91 Å². The van der Waals surface area contributed by atoms with Crippen molar-refractivity contribution in [3.8, 4) is 5.75 Å². The number of unbranched alkanes of at least 4 members (excludes halogenated alkanes) is 1. The number of rotatable bonds is 6. The van der Waals surface area contributed by atoms with E-state index in [-0.39, 0.29) is 17.6 Å². The van der Waals surface area contributed by atoms with Crippen LogP contribution in [0.5, 0.6) is 5.75 Å². The third-order valence-corrected chi connectivity index (χ3v) is 4.97. The van der Waals surface area contributed by atoms with E-state index in [1.807, 2.05) is 17.3 Å². The summed E-state index contributed by atoms with van der Waals surface area (Å²) in [6.45, 7) is 4.49. The van der Waals surface area contributed by atoms with Crippen LogP contribution in [0.1, 0.15) is 54.7 Å². The Bertz CT molecular complexity index is 759. The summed E-state index contributed by atoms with van der Waals surface area (Å²) < 4.78 is 20.8. The molecule has 0 saturated carbocycles. The molecule has 0 aliphatic carbocycles. The molecule has 140 valence electrons. The molecule has 1 amide bonds. The highest BCUT2D eigenvalue weighted by Crippen LogP contribution is 2.28. The van der Waals surface area contributed by atoms with Crippen molar-refractivity contribution < 1.29 is 13.9 Å². The number of hydrogen-bond donors (Lipinski definition) is 0. The van der Waals surface area contributed by atoms with Crippen molar-refractivity contribution in [1.82, 2.24) is 14.5 Å². The van der Waals surface area contributed by atoms with E-state index in [9.17, 15) is 9.18 Å². The lowest BCUT2D eigenvalue weighted by molar-refractivity contribution is 0.0702. The summed E-state index contributed by atoms with van der Waals surface area (Å²) in [7, 11) is 1.40. The van der Waals surface area contributed by atoms with E-state index in [2.05, 4.69) is 16.5 Å². The molecule has 1 aromatic heterocycles. The molecule has 1 atom stereocenters. The molecule has 26 heavy (non-hydrogen) atoms. The number of benzene rings is 1. The van der Waals surface area contributed by atoms with Gasteiger partial charge < -0.3 is 14.2 Å². The third-order valence-electron chi connectivity index (χ3n) is 4.97. The average Bonchev–Trinajstić information content (AvgIpc) is 3.15. The summed E-state index contributed by atoms with van der Waals surface area (Å²) in [5.74, 6) is 0.854. The SMILES string of the molecule is CCCCn1ccnc1[C@@H]1CCCN(C(=O)c2ccc(F)c(OC)c2)C1. The van der Waals surface area contributed by atoms with Gasteiger partial charge in [0.15, 0.2) is 11.6 Å². The van der Waals surface area contributed by atoms with E-state index in [0.717, 1.165) is 38.1 Å². The van der Waals surface area contributed by atoms with Crippen LogP contribution in [0.4, 0.5) is 4.39 Å². The second kappa shape index (κ2) is 8.34. The van der Waals surface area contributed by atoms with Gasteiger partial charge in [0.2, 0.25) is 0 Å². The standard InChI is InChI=1S/C20H26FN3O2/c1-3-4-10-23-12-9-22-19(23)16-6-5-11-24(14-16)20(25)15-7-8-17(21)18(13-15)26-2/h7-9,12-13,16H,3-6,10-11,14H2,1-2H3/t16-/m1/s1. The van der Waals surface area contributed by atoms with Crippen molar-refractivity contribution in [3.05, 3.63) is 47.8 Å². The van der Waals surface area contributed by atoms with Crippen LogP contribution in [0.3, 0.4) is 0 Å². The third kappa shape index (κ3) is 3.89. The number of hydrogen-bond acceptors (Lipinski definition) is 3. The van der Waals surface area contributed by atoms with Gasteiger partial charge in [0.05, 0.1) is 7.11 Å². The van der Waals surface area contributed by atoms with E-state index in [1.54, 1.807) is 0 Å². The lowest BCUT2D eigenvalue weighted by Gasteiger charge is -2.33. The number of piperidine rings is 1. The minimum Gasteiger partial charge on any atom is -0.494 e. The normalized spacial score (nSPS) is 17.3. The number of nitrogens with zero attached hydrogens (tertiary/aromatic N) is 3. The lowest BCUT2D eigenvalue weighted by atomic mass is 9.96. The van der Waals surface area contributed by atoms with Crippen molar-refractivity contribution in [2.75, 3.05) is 20.2 Å². The maximum atomic E-state index is 13.6. The van der Waals surface area contributed by atoms with Gasteiger partial charge in [-0.05, 0) is 37.5 Å². The summed E-state index contributed by atoms with van der Waals surface area (Å²) in [5.41, 5.74) is 0.457. The van der Waals surface area contributed by atoms with E-state index < -0.39 is 5.82 Å². The summed E-state index contributed by atoms with van der Waals surface area (Å²) in [4.78, 5) is 19.3. The maximum absolute atomic E-state index is 13.6. The second-order valence-corrected chi connectivity index (χ2v) is 6.77. The van der Waals surface area contributed by atoms with Gasteiger partial charge in [-0.15, -0.1) is 0 Å². The topological polar surface area (TPSA) is 47.4 Å². The van der Waals surface area contributed by atoms with Crippen molar-refractivity contribution in [2.24, 2.45) is 0 Å². The highest BCUT2D eigenvalue weighted by Gasteiger charge is 2.28. The average molecular weight is 359 g/mol. The highest BCUT2D eigenvalue weighted by molar-refractivity contribution is 5.94. The fourth-order valence-corrected chi connectivity index (χ4v) is 3.55. The van der Waals surface area contributed by atoms with E-state index in [0.29, 0.717) is 18.7 Å². The monoisotopic (exact) mass is 359 g/mol. The van der Waals surface area contributed by atoms with Gasteiger partial charge in [0, 0.05) is 43.5 Å². The van der Waals surface area contributed by atoms with Gasteiger partial charge in [-0.25, -0.2) is 9.37 Å². The zero-order valence-corrected chi connectivity index (χ0v) is 15.4. The van der Waals surface area contributed by atoms with Gasteiger partial charge in [-0.2, -0.15) is 0 Å². The van der Waals surface area contributed by atoms with Crippen LogP contribution in [0.2, 0.25) is 0 Å². The van der Waals surface area contributed by atoms with Crippen LogP contribution < -0.4 is 4.74 Å². The molecule has 1 aromatic carbocycles. The summed E-state index contributed by atoms with van der Waals surface area (Å²) >= 11 is 0. The molecule has 5 nitrogen and oxygen atoms in total. The molecule has 2 aromatic rings. The van der Waals surface area contributed by atoms with Crippen LogP contribution >= 0.6 is 0 Å². The molecule has 1 fully saturated rings. The Morgan fingerprint density at radius 2 is 2.27 bits per heavy atom. The molecule has 0 spiro atoms. The lowest BCUT2D eigenvalue weighted by Crippen LogP contribution is -2.39. The number of amides is 1. The first-order valence-electron chi connectivity index (χ1n) is 9.28. The molecular formula is C20H26FN3O2. The number of carbonyl (C=O) groups excluding carboxylic acids is 1. The van der Waals surface area contributed by atoms with Gasteiger partial charge in [-0.1, -0.05) is 13.3 Å². The minimum atomic E-state index is -0.460. The van der Waals surface area contributed by atoms with Gasteiger partial charge in [0.1, 0.15) is 5.82 Å². The highest BCUT2D eigenvalue weighted by atomic mass is 19.1. The molecule has 1 aliphatic rings. The Hall–Kier alpha value is -2.37. The first-order chi connectivity index (χ1) is 12.6. The van der Waals surface area contributed by atoms with Crippen molar-refractivity contribution in [3.63, 3.8) is 0 Å². The second-order valence-electron chi connectivity index (χ2n) is 6.77. The van der Waals surface area contributed by atoms with Crippen molar-refractivity contribution >= 4 is 5.91 Å². The molecule has 3 rings (SSSR count). The molecule has 0 unspecified atom stereocenters. The Morgan fingerprint density at radius 3 is 3.04 bits per heavy atom. The Labute approximate surface area is 153 Å². The molecule has 0 bridgehead atoms. The maximum Gasteiger partial charge on any atom is 0.254 e. The van der Waals surface area contributed by atoms with Crippen LogP contribution in [0.15, 0.2) is 30.6 Å². The fourth-order valence-electron chi connectivity index (χ4n) is 3.55. The van der Waals surface area contributed by atoms with Crippen LogP contribution in [-0.2, 0) is 6.54 Å². The van der Waals surface area contributed by atoms with Crippen molar-refractivity contribution in [2.45, 2.75) is 45.1 Å². The van der Waals surface area contributed by atoms with Gasteiger partial charge in [-0.3, -0.25) is 4.79 Å². The zero-order valence-electron chi connectivity index (χ0n) is 15.4. The van der Waals surface area contributed by atoms with E-state index in [1.165, 1.54) is 25.3 Å². The smallest absolute Gasteiger partial charge is 0.254 e. The number of likely N-dealkylation sites (tertiary alicyclic amines) is 1. The Morgan fingerprint density at radius 1 is 1.42 bits per heavy atom. The number of carbonyl (C=O) groups is 1. The summed E-state index contributed by atoms with van der Waals surface area (Å²) in [6.07, 6.45) is 8.09. The van der Waals surface area contributed by atoms with Crippen LogP contribution in [-0.4, -0.2) is 40.6 Å². The van der Waals surface area contributed by atoms with E-state index in [4.69, 9.17) is 4.74 Å². The Kier molecular flexibility index (Phi) is 5.91. The number of aryl methyl sites for hydroxylation is 1. The molecule has 2 heterocycles.